The Hall–Kier alpha value is -1.20. The van der Waals surface area contributed by atoms with Crippen LogP contribution in [0.1, 0.15) is 16.4 Å². The molecule has 2 N–H and O–H groups in total. The van der Waals surface area contributed by atoms with Gasteiger partial charge in [0.2, 0.25) is 0 Å². The van der Waals surface area contributed by atoms with E-state index in [1.54, 1.807) is 11.3 Å². The molecule has 0 aliphatic rings. The van der Waals surface area contributed by atoms with Crippen LogP contribution in [-0.4, -0.2) is 14.5 Å². The van der Waals surface area contributed by atoms with Crippen molar-refractivity contribution in [3.8, 4) is 0 Å². The lowest BCUT2D eigenvalue weighted by atomic mass is 10.4. The standard InChI is InChI=1S/C10H11N3S2/c1-7-12-8(6-15-7)5-13-4-2-3-9(13)10(11)14/h2-4,6H,5H2,1H3,(H2,11,14). The zero-order chi connectivity index (χ0) is 10.8. The van der Waals surface area contributed by atoms with Gasteiger partial charge in [0.1, 0.15) is 4.99 Å². The van der Waals surface area contributed by atoms with Crippen LogP contribution in [0.25, 0.3) is 0 Å². The van der Waals surface area contributed by atoms with Crippen molar-refractivity contribution in [2.75, 3.05) is 0 Å². The van der Waals surface area contributed by atoms with E-state index in [9.17, 15) is 0 Å². The van der Waals surface area contributed by atoms with Crippen molar-refractivity contribution in [2.45, 2.75) is 13.5 Å². The fourth-order valence-electron chi connectivity index (χ4n) is 1.43. The number of aryl methyl sites for hydroxylation is 1. The van der Waals surface area contributed by atoms with Crippen LogP contribution in [0.3, 0.4) is 0 Å². The van der Waals surface area contributed by atoms with E-state index in [0.29, 0.717) is 4.99 Å². The van der Waals surface area contributed by atoms with Gasteiger partial charge in [0.25, 0.3) is 0 Å². The Morgan fingerprint density at radius 3 is 3.07 bits per heavy atom. The second-order valence-corrected chi connectivity index (χ2v) is 4.75. The molecule has 0 radical (unpaired) electrons. The largest absolute Gasteiger partial charge is 0.388 e. The van der Waals surface area contributed by atoms with E-state index >= 15 is 0 Å². The average Bonchev–Trinajstić information content (AvgIpc) is 2.75. The molecule has 0 aliphatic carbocycles. The summed E-state index contributed by atoms with van der Waals surface area (Å²) in [5.41, 5.74) is 7.54. The third-order valence-corrected chi connectivity index (χ3v) is 3.11. The first-order chi connectivity index (χ1) is 7.16. The SMILES string of the molecule is Cc1nc(Cn2cccc2C(N)=S)cs1. The smallest absolute Gasteiger partial charge is 0.120 e. The molecule has 5 heteroatoms. The van der Waals surface area contributed by atoms with Gasteiger partial charge >= 0.3 is 0 Å². The maximum absolute atomic E-state index is 5.61. The fraction of sp³-hybridized carbons (Fsp3) is 0.200. The molecule has 0 amide bonds. The number of nitrogens with two attached hydrogens (primary N) is 1. The van der Waals surface area contributed by atoms with E-state index in [1.807, 2.05) is 29.8 Å². The summed E-state index contributed by atoms with van der Waals surface area (Å²) in [5, 5.41) is 3.13. The minimum Gasteiger partial charge on any atom is -0.388 e. The lowest BCUT2D eigenvalue weighted by Gasteiger charge is -2.05. The van der Waals surface area contributed by atoms with Gasteiger partial charge in [-0.15, -0.1) is 11.3 Å². The average molecular weight is 237 g/mol. The Morgan fingerprint density at radius 2 is 2.47 bits per heavy atom. The first-order valence-corrected chi connectivity index (χ1v) is 5.81. The predicted molar refractivity (Wildman–Crippen MR) is 66.3 cm³/mol. The summed E-state index contributed by atoms with van der Waals surface area (Å²) < 4.78 is 2.01. The summed E-state index contributed by atoms with van der Waals surface area (Å²) in [6.07, 6.45) is 1.96. The molecule has 2 aromatic heterocycles. The van der Waals surface area contributed by atoms with Gasteiger partial charge in [0.05, 0.1) is 22.9 Å². The number of aromatic nitrogens is 2. The first-order valence-electron chi connectivity index (χ1n) is 4.53. The molecule has 0 atom stereocenters. The number of thiocarbonyl (C=S) groups is 1. The Kier molecular flexibility index (Phi) is 2.83. The summed E-state index contributed by atoms with van der Waals surface area (Å²) in [6.45, 7) is 2.72. The van der Waals surface area contributed by atoms with Crippen LogP contribution < -0.4 is 5.73 Å². The molecule has 2 aromatic rings. The Labute approximate surface area is 97.6 Å². The van der Waals surface area contributed by atoms with E-state index in [2.05, 4.69) is 10.4 Å². The van der Waals surface area contributed by atoms with Gasteiger partial charge in [0.15, 0.2) is 0 Å². The Bertz CT molecular complexity index is 484. The number of hydrogen-bond donors (Lipinski definition) is 1. The van der Waals surface area contributed by atoms with Crippen LogP contribution in [0, 0.1) is 6.92 Å². The zero-order valence-electron chi connectivity index (χ0n) is 8.30. The minimum atomic E-state index is 0.423. The van der Waals surface area contributed by atoms with Crippen molar-refractivity contribution in [3.05, 3.63) is 40.1 Å². The molecule has 15 heavy (non-hydrogen) atoms. The molecule has 2 heterocycles. The van der Waals surface area contributed by atoms with Crippen molar-refractivity contribution in [1.29, 1.82) is 0 Å². The fourth-order valence-corrected chi connectivity index (χ4v) is 2.22. The third-order valence-electron chi connectivity index (χ3n) is 2.08. The molecule has 0 bridgehead atoms. The topological polar surface area (TPSA) is 43.8 Å². The van der Waals surface area contributed by atoms with E-state index in [4.69, 9.17) is 18.0 Å². The molecule has 78 valence electrons. The molecule has 0 unspecified atom stereocenters. The lowest BCUT2D eigenvalue weighted by molar-refractivity contribution is 0.777. The molecule has 0 aliphatic heterocycles. The molecule has 2 rings (SSSR count). The van der Waals surface area contributed by atoms with Gasteiger partial charge < -0.3 is 10.3 Å². The van der Waals surface area contributed by atoms with Crippen LogP contribution >= 0.6 is 23.6 Å². The lowest BCUT2D eigenvalue weighted by Crippen LogP contribution is -2.15. The summed E-state index contributed by atoms with van der Waals surface area (Å²) in [4.78, 5) is 4.82. The zero-order valence-corrected chi connectivity index (χ0v) is 9.94. The number of hydrogen-bond acceptors (Lipinski definition) is 3. The highest BCUT2D eigenvalue weighted by Gasteiger charge is 2.05. The van der Waals surface area contributed by atoms with E-state index in [1.165, 1.54) is 0 Å². The maximum atomic E-state index is 5.61. The summed E-state index contributed by atoms with van der Waals surface area (Å²) in [5.74, 6) is 0. The van der Waals surface area contributed by atoms with Gasteiger partial charge in [-0.1, -0.05) is 12.2 Å². The minimum absolute atomic E-state index is 0.423. The monoisotopic (exact) mass is 237 g/mol. The highest BCUT2D eigenvalue weighted by atomic mass is 32.1. The summed E-state index contributed by atoms with van der Waals surface area (Å²) >= 11 is 6.62. The van der Waals surface area contributed by atoms with Gasteiger partial charge in [-0.05, 0) is 19.1 Å². The number of thiazole rings is 1. The van der Waals surface area contributed by atoms with Crippen LogP contribution in [0.5, 0.6) is 0 Å². The number of nitrogens with zero attached hydrogens (tertiary/aromatic N) is 2. The van der Waals surface area contributed by atoms with Crippen LogP contribution in [0.4, 0.5) is 0 Å². The van der Waals surface area contributed by atoms with Crippen LogP contribution in [0.15, 0.2) is 23.7 Å². The Balaban J connectivity index is 2.24. The van der Waals surface area contributed by atoms with Gasteiger partial charge in [-0.3, -0.25) is 0 Å². The molecule has 0 saturated heterocycles. The van der Waals surface area contributed by atoms with Gasteiger partial charge in [0, 0.05) is 11.6 Å². The van der Waals surface area contributed by atoms with Gasteiger partial charge in [-0.2, -0.15) is 0 Å². The first kappa shape index (κ1) is 10.3. The molecular formula is C10H11N3S2. The van der Waals surface area contributed by atoms with Crippen molar-refractivity contribution < 1.29 is 0 Å². The molecule has 0 fully saturated rings. The van der Waals surface area contributed by atoms with Crippen molar-refractivity contribution in [1.82, 2.24) is 9.55 Å². The molecule has 3 nitrogen and oxygen atoms in total. The van der Waals surface area contributed by atoms with Gasteiger partial charge in [-0.25, -0.2) is 4.98 Å². The van der Waals surface area contributed by atoms with E-state index < -0.39 is 0 Å². The predicted octanol–water partition coefficient (Wildman–Crippen LogP) is 1.94. The van der Waals surface area contributed by atoms with E-state index in [0.717, 1.165) is 22.9 Å². The second kappa shape index (κ2) is 4.12. The van der Waals surface area contributed by atoms with Crippen molar-refractivity contribution in [2.24, 2.45) is 5.73 Å². The second-order valence-electron chi connectivity index (χ2n) is 3.24. The molecule has 0 saturated carbocycles. The van der Waals surface area contributed by atoms with Crippen molar-refractivity contribution >= 4 is 28.5 Å². The summed E-state index contributed by atoms with van der Waals surface area (Å²) in [6, 6.07) is 3.86. The Morgan fingerprint density at radius 1 is 1.67 bits per heavy atom. The summed E-state index contributed by atoms with van der Waals surface area (Å²) in [7, 11) is 0. The van der Waals surface area contributed by atoms with E-state index in [-0.39, 0.29) is 0 Å². The highest BCUT2D eigenvalue weighted by Crippen LogP contribution is 2.11. The third kappa shape index (κ3) is 2.24. The number of rotatable bonds is 3. The van der Waals surface area contributed by atoms with Crippen molar-refractivity contribution in [3.63, 3.8) is 0 Å². The quantitative estimate of drug-likeness (QED) is 0.830. The molecular weight excluding hydrogens is 226 g/mol. The maximum Gasteiger partial charge on any atom is 0.120 e. The molecule has 0 aromatic carbocycles. The highest BCUT2D eigenvalue weighted by molar-refractivity contribution is 7.80. The normalized spacial score (nSPS) is 10.5. The van der Waals surface area contributed by atoms with Crippen LogP contribution in [0.2, 0.25) is 0 Å². The molecule has 0 spiro atoms. The van der Waals surface area contributed by atoms with Crippen LogP contribution in [-0.2, 0) is 6.54 Å².